The predicted molar refractivity (Wildman–Crippen MR) is 91.4 cm³/mol. The molecule has 0 spiro atoms. The van der Waals surface area contributed by atoms with E-state index in [4.69, 9.17) is 0 Å². The number of unbranched alkanes of at least 4 members (excludes halogenated alkanes) is 6. The maximum atomic E-state index is 10.1. The van der Waals surface area contributed by atoms with Crippen LogP contribution in [0.1, 0.15) is 72.1 Å². The molecule has 0 radical (unpaired) electrons. The van der Waals surface area contributed by atoms with E-state index >= 15 is 0 Å². The van der Waals surface area contributed by atoms with Gasteiger partial charge in [-0.1, -0.05) is 37.8 Å². The molecule has 0 aromatic carbocycles. The van der Waals surface area contributed by atoms with Crippen molar-refractivity contribution in [2.75, 3.05) is 13.1 Å². The first-order chi connectivity index (χ1) is 10.2. The third kappa shape index (κ3) is 5.55. The summed E-state index contributed by atoms with van der Waals surface area (Å²) in [7, 11) is 0. The van der Waals surface area contributed by atoms with E-state index in [0.717, 1.165) is 24.0 Å². The smallest absolute Gasteiger partial charge is 0.189 e. The molecule has 0 amide bonds. The molecule has 3 nitrogen and oxygen atoms in total. The highest BCUT2D eigenvalue weighted by Crippen LogP contribution is 2.26. The molecular weight excluding hydrogens is 260 g/mol. The van der Waals surface area contributed by atoms with E-state index < -0.39 is 0 Å². The van der Waals surface area contributed by atoms with Gasteiger partial charge in [0.2, 0.25) is 0 Å². The van der Waals surface area contributed by atoms with E-state index in [1.54, 1.807) is 0 Å². The van der Waals surface area contributed by atoms with Crippen LogP contribution in [0, 0.1) is 0 Å². The quantitative estimate of drug-likeness (QED) is 0.345. The van der Waals surface area contributed by atoms with Gasteiger partial charge in [-0.15, -0.1) is 0 Å². The standard InChI is InChI=1S/C18H35N2O/c1-4-6-7-8-9-10-11-12-13-14-18-19-15-16-20(18,5-2)17(3)21/h4,6,15,17-18,21H,5,7-14,16H2,1-3H3/q+1/b6-4+. The zero-order valence-corrected chi connectivity index (χ0v) is 14.3. The fourth-order valence-electron chi connectivity index (χ4n) is 3.38. The highest BCUT2D eigenvalue weighted by molar-refractivity contribution is 5.60. The molecule has 122 valence electrons. The van der Waals surface area contributed by atoms with Crippen LogP contribution in [-0.4, -0.2) is 41.3 Å². The van der Waals surface area contributed by atoms with Crippen molar-refractivity contribution in [2.24, 2.45) is 4.99 Å². The van der Waals surface area contributed by atoms with E-state index in [0.29, 0.717) is 0 Å². The summed E-state index contributed by atoms with van der Waals surface area (Å²) >= 11 is 0. The average molecular weight is 295 g/mol. The number of aliphatic hydroxyl groups excluding tert-OH is 1. The van der Waals surface area contributed by atoms with Gasteiger partial charge in [0.15, 0.2) is 12.4 Å². The average Bonchev–Trinajstić information content (AvgIpc) is 2.89. The van der Waals surface area contributed by atoms with Gasteiger partial charge < -0.3 is 5.11 Å². The minimum atomic E-state index is -0.311. The molecule has 1 aliphatic heterocycles. The van der Waals surface area contributed by atoms with Crippen LogP contribution in [0.5, 0.6) is 0 Å². The second kappa shape index (κ2) is 10.1. The molecule has 3 atom stereocenters. The van der Waals surface area contributed by atoms with Crippen molar-refractivity contribution in [3.63, 3.8) is 0 Å². The zero-order chi connectivity index (χ0) is 15.6. The summed E-state index contributed by atoms with van der Waals surface area (Å²) in [5.41, 5.74) is 0. The van der Waals surface area contributed by atoms with Crippen molar-refractivity contribution < 1.29 is 9.59 Å². The van der Waals surface area contributed by atoms with E-state index in [-0.39, 0.29) is 12.4 Å². The minimum absolute atomic E-state index is 0.282. The number of hydrogen-bond acceptors (Lipinski definition) is 2. The molecule has 0 fully saturated rings. The number of quaternary nitrogens is 1. The molecule has 1 heterocycles. The van der Waals surface area contributed by atoms with Gasteiger partial charge in [0, 0.05) is 13.3 Å². The molecule has 1 N–H and O–H groups in total. The summed E-state index contributed by atoms with van der Waals surface area (Å²) in [6.45, 7) is 8.03. The molecule has 0 aliphatic carbocycles. The lowest BCUT2D eigenvalue weighted by molar-refractivity contribution is -0.976. The highest BCUT2D eigenvalue weighted by atomic mass is 16.3. The summed E-state index contributed by atoms with van der Waals surface area (Å²) in [4.78, 5) is 4.63. The fourth-order valence-corrected chi connectivity index (χ4v) is 3.38. The van der Waals surface area contributed by atoms with E-state index in [2.05, 4.69) is 31.0 Å². The van der Waals surface area contributed by atoms with Gasteiger partial charge in [-0.2, -0.15) is 0 Å². The van der Waals surface area contributed by atoms with Crippen LogP contribution in [0.3, 0.4) is 0 Å². The lowest BCUT2D eigenvalue weighted by atomic mass is 10.1. The molecule has 0 saturated heterocycles. The number of aliphatic hydroxyl groups is 1. The third-order valence-corrected chi connectivity index (χ3v) is 4.94. The molecule has 21 heavy (non-hydrogen) atoms. The Morgan fingerprint density at radius 2 is 1.90 bits per heavy atom. The number of hydrogen-bond donors (Lipinski definition) is 1. The molecular formula is C18H35N2O+. The van der Waals surface area contributed by atoms with Crippen LogP contribution in [-0.2, 0) is 0 Å². The van der Waals surface area contributed by atoms with Crippen LogP contribution in [0.25, 0.3) is 0 Å². The highest BCUT2D eigenvalue weighted by Gasteiger charge is 2.41. The van der Waals surface area contributed by atoms with Gasteiger partial charge in [-0.05, 0) is 33.1 Å². The first-order valence-electron chi connectivity index (χ1n) is 8.84. The van der Waals surface area contributed by atoms with Crippen LogP contribution in [0.4, 0.5) is 0 Å². The maximum Gasteiger partial charge on any atom is 0.189 e. The lowest BCUT2D eigenvalue weighted by Crippen LogP contribution is -2.57. The molecule has 3 heteroatoms. The third-order valence-electron chi connectivity index (χ3n) is 4.94. The number of allylic oxidation sites excluding steroid dienone is 2. The first-order valence-corrected chi connectivity index (χ1v) is 8.84. The molecule has 1 aliphatic rings. The molecule has 1 rings (SSSR count). The van der Waals surface area contributed by atoms with E-state index in [1.165, 1.54) is 44.9 Å². The first kappa shape index (κ1) is 18.4. The Balaban J connectivity index is 2.13. The summed E-state index contributed by atoms with van der Waals surface area (Å²) in [5, 5.41) is 10.1. The van der Waals surface area contributed by atoms with Crippen LogP contribution in [0.15, 0.2) is 17.1 Å². The Labute approximate surface area is 131 Å². The SMILES string of the molecule is C/C=C/CCCCCCCCC1N=CC[N+]1(CC)C(C)O. The van der Waals surface area contributed by atoms with Crippen LogP contribution >= 0.6 is 0 Å². The van der Waals surface area contributed by atoms with Gasteiger partial charge in [0.1, 0.15) is 6.54 Å². The largest absolute Gasteiger partial charge is 0.345 e. The van der Waals surface area contributed by atoms with Gasteiger partial charge in [-0.3, -0.25) is 4.48 Å². The van der Waals surface area contributed by atoms with Crippen molar-refractivity contribution in [2.45, 2.75) is 84.5 Å². The van der Waals surface area contributed by atoms with Crippen LogP contribution in [0.2, 0.25) is 0 Å². The number of aliphatic imine (C=N–C) groups is 1. The lowest BCUT2D eigenvalue weighted by Gasteiger charge is -2.40. The van der Waals surface area contributed by atoms with Crippen molar-refractivity contribution in [1.82, 2.24) is 0 Å². The Bertz CT molecular complexity index is 325. The molecule has 0 saturated carbocycles. The minimum Gasteiger partial charge on any atom is -0.345 e. The molecule has 0 bridgehead atoms. The molecule has 0 aromatic rings. The second-order valence-electron chi connectivity index (χ2n) is 6.31. The monoisotopic (exact) mass is 295 g/mol. The fraction of sp³-hybridized carbons (Fsp3) is 0.833. The maximum absolute atomic E-state index is 10.1. The Kier molecular flexibility index (Phi) is 8.86. The summed E-state index contributed by atoms with van der Waals surface area (Å²) in [6, 6.07) is 0. The number of nitrogens with zero attached hydrogens (tertiary/aromatic N) is 2. The van der Waals surface area contributed by atoms with Gasteiger partial charge >= 0.3 is 0 Å². The van der Waals surface area contributed by atoms with Crippen molar-refractivity contribution in [3.05, 3.63) is 12.2 Å². The molecule has 3 unspecified atom stereocenters. The summed E-state index contributed by atoms with van der Waals surface area (Å²) < 4.78 is 0.739. The molecule has 0 aromatic heterocycles. The Morgan fingerprint density at radius 3 is 2.52 bits per heavy atom. The number of rotatable bonds is 11. The van der Waals surface area contributed by atoms with Crippen molar-refractivity contribution in [1.29, 1.82) is 0 Å². The normalized spacial score (nSPS) is 26.8. The van der Waals surface area contributed by atoms with Gasteiger partial charge in [0.05, 0.1) is 12.8 Å². The van der Waals surface area contributed by atoms with Crippen molar-refractivity contribution in [3.8, 4) is 0 Å². The van der Waals surface area contributed by atoms with Crippen LogP contribution < -0.4 is 0 Å². The summed E-state index contributed by atoms with van der Waals surface area (Å²) in [5.74, 6) is 0. The van der Waals surface area contributed by atoms with Gasteiger partial charge in [0.25, 0.3) is 0 Å². The Morgan fingerprint density at radius 1 is 1.24 bits per heavy atom. The summed E-state index contributed by atoms with van der Waals surface area (Å²) in [6.07, 6.45) is 16.7. The van der Waals surface area contributed by atoms with Crippen molar-refractivity contribution >= 4 is 6.21 Å². The van der Waals surface area contributed by atoms with Gasteiger partial charge in [-0.25, -0.2) is 4.99 Å². The predicted octanol–water partition coefficient (Wildman–Crippen LogP) is 4.27. The second-order valence-corrected chi connectivity index (χ2v) is 6.31. The topological polar surface area (TPSA) is 32.6 Å². The van der Waals surface area contributed by atoms with E-state index in [1.807, 2.05) is 13.1 Å². The van der Waals surface area contributed by atoms with E-state index in [9.17, 15) is 5.11 Å². The zero-order valence-electron chi connectivity index (χ0n) is 14.3. The Hall–Kier alpha value is -0.670.